The van der Waals surface area contributed by atoms with E-state index in [0.29, 0.717) is 16.7 Å². The fourth-order valence-corrected chi connectivity index (χ4v) is 6.19. The summed E-state index contributed by atoms with van der Waals surface area (Å²) in [6, 6.07) is 11.2. The predicted molar refractivity (Wildman–Crippen MR) is 148 cm³/mol. The molecule has 0 unspecified atom stereocenters. The van der Waals surface area contributed by atoms with Crippen LogP contribution in [0.2, 0.25) is 0 Å². The van der Waals surface area contributed by atoms with Crippen molar-refractivity contribution in [2.45, 2.75) is 51.9 Å². The van der Waals surface area contributed by atoms with Crippen LogP contribution in [0.4, 0.5) is 17.1 Å². The number of aryl methyl sites for hydroxylation is 1. The molecule has 1 saturated heterocycles. The Hall–Kier alpha value is -3.07. The van der Waals surface area contributed by atoms with Gasteiger partial charge in [0.1, 0.15) is 0 Å². The van der Waals surface area contributed by atoms with Crippen LogP contribution in [0.5, 0.6) is 0 Å². The molecule has 0 radical (unpaired) electrons. The fourth-order valence-electron chi connectivity index (χ4n) is 5.56. The number of hydrogen-bond acceptors (Lipinski definition) is 5. The third-order valence-electron chi connectivity index (χ3n) is 8.38. The van der Waals surface area contributed by atoms with E-state index in [1.54, 1.807) is 19.1 Å². The Kier molecular flexibility index (Phi) is 5.93. The molecule has 1 aromatic heterocycles. The van der Waals surface area contributed by atoms with Gasteiger partial charge >= 0.3 is 0 Å². The van der Waals surface area contributed by atoms with Crippen LogP contribution in [0, 0.1) is 11.3 Å². The average molecular weight is 522 g/mol. The van der Waals surface area contributed by atoms with Crippen molar-refractivity contribution in [3.8, 4) is 0 Å². The lowest BCUT2D eigenvalue weighted by Gasteiger charge is -2.35. The van der Waals surface area contributed by atoms with Gasteiger partial charge in [-0.15, -0.1) is 0 Å². The molecule has 8 nitrogen and oxygen atoms in total. The molecule has 6 rings (SSSR count). The summed E-state index contributed by atoms with van der Waals surface area (Å²) in [5, 5.41) is 8.91. The summed E-state index contributed by atoms with van der Waals surface area (Å²) in [7, 11) is -1.45. The number of benzene rings is 2. The van der Waals surface area contributed by atoms with Crippen LogP contribution in [0.3, 0.4) is 0 Å². The SMILES string of the molecule is CCS(=O)(=O)Nc1ccc(C(=O)Nc2ccc3c(c2)c(CC2CC2)nn3C)c(N2CCC3(CC2)CC3)c1. The first-order chi connectivity index (χ1) is 17.7. The second-order valence-electron chi connectivity index (χ2n) is 11.1. The highest BCUT2D eigenvalue weighted by atomic mass is 32.2. The Bertz CT molecular complexity index is 1460. The molecular formula is C28H35N5O3S. The zero-order valence-corrected chi connectivity index (χ0v) is 22.4. The number of fused-ring (bicyclic) bond motifs is 1. The van der Waals surface area contributed by atoms with Crippen LogP contribution in [-0.4, -0.2) is 42.9 Å². The van der Waals surface area contributed by atoms with Crippen molar-refractivity contribution in [2.24, 2.45) is 18.4 Å². The van der Waals surface area contributed by atoms with Crippen molar-refractivity contribution < 1.29 is 13.2 Å². The van der Waals surface area contributed by atoms with Gasteiger partial charge < -0.3 is 10.2 Å². The molecule has 1 aliphatic heterocycles. The van der Waals surface area contributed by atoms with Gasteiger partial charge in [-0.05, 0) is 99.6 Å². The Morgan fingerprint density at radius 2 is 1.78 bits per heavy atom. The summed E-state index contributed by atoms with van der Waals surface area (Å²) in [4.78, 5) is 15.8. The minimum atomic E-state index is -3.41. The maximum atomic E-state index is 13.6. The maximum absolute atomic E-state index is 13.6. The van der Waals surface area contributed by atoms with Crippen LogP contribution >= 0.6 is 0 Å². The lowest BCUT2D eigenvalue weighted by molar-refractivity contribution is 0.102. The molecule has 2 heterocycles. The number of aromatic nitrogens is 2. The molecule has 3 aliphatic rings. The van der Waals surface area contributed by atoms with E-state index in [4.69, 9.17) is 5.10 Å². The molecule has 3 fully saturated rings. The van der Waals surface area contributed by atoms with E-state index < -0.39 is 10.0 Å². The van der Waals surface area contributed by atoms with E-state index in [0.717, 1.165) is 66.2 Å². The van der Waals surface area contributed by atoms with E-state index in [1.807, 2.05) is 36.0 Å². The lowest BCUT2D eigenvalue weighted by atomic mass is 9.93. The van der Waals surface area contributed by atoms with Crippen molar-refractivity contribution in [1.82, 2.24) is 9.78 Å². The van der Waals surface area contributed by atoms with Gasteiger partial charge in [0.25, 0.3) is 5.91 Å². The number of piperidine rings is 1. The van der Waals surface area contributed by atoms with Gasteiger partial charge in [0.2, 0.25) is 10.0 Å². The Morgan fingerprint density at radius 1 is 1.05 bits per heavy atom. The van der Waals surface area contributed by atoms with Gasteiger partial charge in [0.15, 0.2) is 0 Å². The molecule has 9 heteroatoms. The van der Waals surface area contributed by atoms with Crippen LogP contribution in [-0.2, 0) is 23.5 Å². The highest BCUT2D eigenvalue weighted by Crippen LogP contribution is 2.54. The number of nitrogens with zero attached hydrogens (tertiary/aromatic N) is 3. The molecule has 2 aromatic carbocycles. The summed E-state index contributed by atoms with van der Waals surface area (Å²) in [6.07, 6.45) is 8.32. The van der Waals surface area contributed by atoms with Crippen molar-refractivity contribution in [3.63, 3.8) is 0 Å². The van der Waals surface area contributed by atoms with Gasteiger partial charge in [-0.2, -0.15) is 5.10 Å². The average Bonchev–Trinajstić information content (AvgIpc) is 3.81. The summed E-state index contributed by atoms with van der Waals surface area (Å²) < 4.78 is 29.0. The summed E-state index contributed by atoms with van der Waals surface area (Å²) >= 11 is 0. The van der Waals surface area contributed by atoms with Crippen molar-refractivity contribution in [3.05, 3.63) is 47.7 Å². The van der Waals surface area contributed by atoms with Crippen molar-refractivity contribution in [2.75, 3.05) is 33.8 Å². The minimum Gasteiger partial charge on any atom is -0.371 e. The lowest BCUT2D eigenvalue weighted by Crippen LogP contribution is -2.35. The van der Waals surface area contributed by atoms with E-state index >= 15 is 0 Å². The van der Waals surface area contributed by atoms with Crippen LogP contribution in [0.1, 0.15) is 61.5 Å². The highest BCUT2D eigenvalue weighted by Gasteiger charge is 2.44. The van der Waals surface area contributed by atoms with E-state index in [9.17, 15) is 13.2 Å². The summed E-state index contributed by atoms with van der Waals surface area (Å²) in [5.74, 6) is 0.525. The minimum absolute atomic E-state index is 0.00361. The largest absolute Gasteiger partial charge is 0.371 e. The van der Waals surface area contributed by atoms with Crippen LogP contribution < -0.4 is 14.9 Å². The number of carbonyl (C=O) groups excluding carboxylic acids is 1. The highest BCUT2D eigenvalue weighted by molar-refractivity contribution is 7.92. The topological polar surface area (TPSA) is 96.3 Å². The number of rotatable bonds is 8. The van der Waals surface area contributed by atoms with Gasteiger partial charge in [-0.3, -0.25) is 14.2 Å². The van der Waals surface area contributed by atoms with E-state index in [-0.39, 0.29) is 11.7 Å². The van der Waals surface area contributed by atoms with E-state index in [2.05, 4.69) is 14.9 Å². The molecule has 1 amide bonds. The van der Waals surface area contributed by atoms with Crippen LogP contribution in [0.25, 0.3) is 10.9 Å². The summed E-state index contributed by atoms with van der Waals surface area (Å²) in [5.41, 5.74) is 5.20. The second-order valence-corrected chi connectivity index (χ2v) is 13.1. The number of amides is 1. The first kappa shape index (κ1) is 24.3. The van der Waals surface area contributed by atoms with Gasteiger partial charge in [0, 0.05) is 31.2 Å². The number of nitrogens with one attached hydrogen (secondary N) is 2. The first-order valence-corrected chi connectivity index (χ1v) is 15.1. The molecule has 196 valence electrons. The molecule has 3 aromatic rings. The first-order valence-electron chi connectivity index (χ1n) is 13.4. The van der Waals surface area contributed by atoms with Gasteiger partial charge in [0.05, 0.1) is 33.9 Å². The standard InChI is InChI=1S/C28H35N5O3S/c1-3-37(35,36)31-21-6-8-22(26(18-21)33-14-12-28(10-11-28)13-15-33)27(34)29-20-7-9-25-23(17-20)24(30-32(25)2)16-19-4-5-19/h6-9,17-19,31H,3-5,10-16H2,1-2H3,(H,29,34). The van der Waals surface area contributed by atoms with E-state index in [1.165, 1.54) is 25.7 Å². The Morgan fingerprint density at radius 3 is 2.46 bits per heavy atom. The Labute approximate surface area is 218 Å². The van der Waals surface area contributed by atoms with Crippen molar-refractivity contribution >= 4 is 43.9 Å². The smallest absolute Gasteiger partial charge is 0.257 e. The summed E-state index contributed by atoms with van der Waals surface area (Å²) in [6.45, 7) is 3.35. The zero-order valence-electron chi connectivity index (χ0n) is 21.6. The number of carbonyl (C=O) groups is 1. The maximum Gasteiger partial charge on any atom is 0.257 e. The quantitative estimate of drug-likeness (QED) is 0.439. The predicted octanol–water partition coefficient (Wildman–Crippen LogP) is 4.92. The molecular weight excluding hydrogens is 486 g/mol. The third-order valence-corrected chi connectivity index (χ3v) is 9.69. The normalized spacial score (nSPS) is 18.8. The molecule has 2 N–H and O–H groups in total. The number of anilines is 3. The third kappa shape index (κ3) is 5.06. The second kappa shape index (κ2) is 9.04. The molecule has 37 heavy (non-hydrogen) atoms. The van der Waals surface area contributed by atoms with Crippen LogP contribution in [0.15, 0.2) is 36.4 Å². The van der Waals surface area contributed by atoms with Crippen molar-refractivity contribution in [1.29, 1.82) is 0 Å². The van der Waals surface area contributed by atoms with Gasteiger partial charge in [-0.25, -0.2) is 8.42 Å². The zero-order chi connectivity index (χ0) is 25.8. The Balaban J connectivity index is 1.29. The van der Waals surface area contributed by atoms with Gasteiger partial charge in [-0.1, -0.05) is 0 Å². The molecule has 0 atom stereocenters. The molecule has 0 bridgehead atoms. The molecule has 2 aliphatic carbocycles. The number of sulfonamides is 1. The number of hydrogen-bond donors (Lipinski definition) is 2. The molecule has 1 spiro atoms. The monoisotopic (exact) mass is 521 g/mol. The molecule has 2 saturated carbocycles. The fraction of sp³-hybridized carbons (Fsp3) is 0.500.